The molecule has 0 spiro atoms. The third-order valence-corrected chi connectivity index (χ3v) is 5.26. The summed E-state index contributed by atoms with van der Waals surface area (Å²) in [6, 6.07) is 13.6. The molecule has 1 aliphatic rings. The lowest BCUT2D eigenvalue weighted by atomic mass is 9.95. The average Bonchev–Trinajstić information content (AvgIpc) is 2.75. The van der Waals surface area contributed by atoms with Gasteiger partial charge < -0.3 is 9.72 Å². The van der Waals surface area contributed by atoms with Crippen molar-refractivity contribution in [1.29, 1.82) is 0 Å². The van der Waals surface area contributed by atoms with Gasteiger partial charge in [-0.05, 0) is 55.8 Å². The molecular weight excluding hydrogens is 352 g/mol. The molecule has 1 saturated heterocycles. The predicted molar refractivity (Wildman–Crippen MR) is 108 cm³/mol. The first-order valence-corrected chi connectivity index (χ1v) is 9.58. The van der Waals surface area contributed by atoms with Crippen LogP contribution in [0.4, 0.5) is 0 Å². The summed E-state index contributed by atoms with van der Waals surface area (Å²) in [5.41, 5.74) is 2.73. The Kier molecular flexibility index (Phi) is 5.48. The zero-order valence-electron chi connectivity index (χ0n) is 16.0. The summed E-state index contributed by atoms with van der Waals surface area (Å²) < 4.78 is 5.22. The zero-order valence-corrected chi connectivity index (χ0v) is 16.0. The highest BCUT2D eigenvalue weighted by Gasteiger charge is 2.23. The molecule has 6 heteroatoms. The lowest BCUT2D eigenvalue weighted by molar-refractivity contribution is 0.201. The van der Waals surface area contributed by atoms with Crippen LogP contribution in [-0.2, 0) is 6.54 Å². The second-order valence-electron chi connectivity index (χ2n) is 7.16. The molecule has 144 valence electrons. The first-order chi connectivity index (χ1) is 13.7. The largest absolute Gasteiger partial charge is 0.497 e. The van der Waals surface area contributed by atoms with E-state index in [4.69, 9.17) is 9.72 Å². The number of nitrogens with zero attached hydrogens (tertiary/aromatic N) is 3. The van der Waals surface area contributed by atoms with Gasteiger partial charge in [0.05, 0.1) is 12.8 Å². The van der Waals surface area contributed by atoms with Crippen molar-refractivity contribution in [2.24, 2.45) is 0 Å². The number of rotatable bonds is 5. The quantitative estimate of drug-likeness (QED) is 0.740. The minimum atomic E-state index is -0.107. The lowest BCUT2D eigenvalue weighted by Gasteiger charge is -2.31. The van der Waals surface area contributed by atoms with Gasteiger partial charge in [-0.15, -0.1) is 0 Å². The number of nitrogens with one attached hydrogen (secondary N) is 1. The number of ether oxygens (including phenoxy) is 1. The highest BCUT2D eigenvalue weighted by atomic mass is 16.5. The van der Waals surface area contributed by atoms with E-state index in [9.17, 15) is 4.79 Å². The Morgan fingerprint density at radius 2 is 1.96 bits per heavy atom. The molecule has 0 unspecified atom stereocenters. The van der Waals surface area contributed by atoms with Crippen molar-refractivity contribution >= 4 is 0 Å². The van der Waals surface area contributed by atoms with Gasteiger partial charge in [-0.25, -0.2) is 4.98 Å². The number of pyridine rings is 1. The summed E-state index contributed by atoms with van der Waals surface area (Å²) in [4.78, 5) is 26.4. The number of likely N-dealkylation sites (tertiary alicyclic amines) is 1. The van der Waals surface area contributed by atoms with Crippen LogP contribution in [0.15, 0.2) is 59.7 Å². The van der Waals surface area contributed by atoms with Crippen LogP contribution in [0.25, 0.3) is 11.3 Å². The Balaban J connectivity index is 1.42. The lowest BCUT2D eigenvalue weighted by Crippen LogP contribution is -2.33. The average molecular weight is 376 g/mol. The molecule has 4 rings (SSSR count). The molecule has 1 fully saturated rings. The molecule has 0 radical (unpaired) electrons. The molecule has 0 atom stereocenters. The molecule has 1 aromatic carbocycles. The Hall–Kier alpha value is -2.99. The fourth-order valence-corrected chi connectivity index (χ4v) is 3.69. The molecule has 0 aliphatic carbocycles. The normalized spacial score (nSPS) is 15.5. The van der Waals surface area contributed by atoms with Gasteiger partial charge in [0.1, 0.15) is 11.6 Å². The fourth-order valence-electron chi connectivity index (χ4n) is 3.69. The van der Waals surface area contributed by atoms with Gasteiger partial charge in [0.25, 0.3) is 5.56 Å². The number of piperidine rings is 1. The van der Waals surface area contributed by atoms with E-state index in [1.165, 1.54) is 5.56 Å². The van der Waals surface area contributed by atoms with Gasteiger partial charge in [0, 0.05) is 36.5 Å². The van der Waals surface area contributed by atoms with E-state index in [0.29, 0.717) is 5.69 Å². The summed E-state index contributed by atoms with van der Waals surface area (Å²) >= 11 is 0. The molecule has 0 bridgehead atoms. The Morgan fingerprint density at radius 1 is 1.18 bits per heavy atom. The van der Waals surface area contributed by atoms with E-state index in [1.807, 2.05) is 24.3 Å². The van der Waals surface area contributed by atoms with Gasteiger partial charge in [0.2, 0.25) is 0 Å². The van der Waals surface area contributed by atoms with E-state index in [1.54, 1.807) is 25.6 Å². The van der Waals surface area contributed by atoms with Crippen LogP contribution in [0.2, 0.25) is 0 Å². The van der Waals surface area contributed by atoms with Crippen LogP contribution < -0.4 is 10.3 Å². The van der Waals surface area contributed by atoms with Crippen molar-refractivity contribution in [2.75, 3.05) is 20.2 Å². The molecular formula is C22H24N4O2. The number of hydrogen-bond donors (Lipinski definition) is 1. The number of aromatic nitrogens is 3. The first-order valence-electron chi connectivity index (χ1n) is 9.58. The molecule has 1 aliphatic heterocycles. The second-order valence-corrected chi connectivity index (χ2v) is 7.16. The van der Waals surface area contributed by atoms with Gasteiger partial charge in [-0.1, -0.05) is 12.1 Å². The highest BCUT2D eigenvalue weighted by Crippen LogP contribution is 2.27. The van der Waals surface area contributed by atoms with Crippen molar-refractivity contribution < 1.29 is 4.74 Å². The van der Waals surface area contributed by atoms with Crippen molar-refractivity contribution in [3.05, 3.63) is 76.6 Å². The Morgan fingerprint density at radius 3 is 2.64 bits per heavy atom. The highest BCUT2D eigenvalue weighted by molar-refractivity contribution is 5.56. The summed E-state index contributed by atoms with van der Waals surface area (Å²) in [6.07, 6.45) is 5.42. The van der Waals surface area contributed by atoms with Crippen LogP contribution in [0.5, 0.6) is 5.75 Å². The van der Waals surface area contributed by atoms with E-state index in [2.05, 4.69) is 27.0 Å². The molecule has 2 aromatic heterocycles. The maximum Gasteiger partial charge on any atom is 0.251 e. The second kappa shape index (κ2) is 8.35. The SMILES string of the molecule is COc1ccc(CN2CCC(c3nc(-c4cccnc4)cc(=O)[nH]3)CC2)cc1. The summed E-state index contributed by atoms with van der Waals surface area (Å²) in [6.45, 7) is 2.89. The molecule has 3 aromatic rings. The number of hydrogen-bond acceptors (Lipinski definition) is 5. The third kappa shape index (κ3) is 4.28. The standard InChI is InChI=1S/C22H24N4O2/c1-28-19-6-4-16(5-7-19)15-26-11-8-17(9-12-26)22-24-20(13-21(27)25-22)18-3-2-10-23-14-18/h2-7,10,13-14,17H,8-9,11-12,15H2,1H3,(H,24,25,27). The number of aromatic amines is 1. The maximum atomic E-state index is 12.1. The van der Waals surface area contributed by atoms with Crippen molar-refractivity contribution in [2.45, 2.75) is 25.3 Å². The summed E-state index contributed by atoms with van der Waals surface area (Å²) in [5.74, 6) is 1.94. The topological polar surface area (TPSA) is 71.1 Å². The van der Waals surface area contributed by atoms with Gasteiger partial charge in [-0.3, -0.25) is 14.7 Å². The number of H-pyrrole nitrogens is 1. The Labute approximate surface area is 164 Å². The Bertz CT molecular complexity index is 962. The summed E-state index contributed by atoms with van der Waals surface area (Å²) in [5, 5.41) is 0. The minimum Gasteiger partial charge on any atom is -0.497 e. The number of methoxy groups -OCH3 is 1. The minimum absolute atomic E-state index is 0.107. The summed E-state index contributed by atoms with van der Waals surface area (Å²) in [7, 11) is 1.68. The predicted octanol–water partition coefficient (Wildman–Crippen LogP) is 3.22. The van der Waals surface area contributed by atoms with Crippen LogP contribution in [-0.4, -0.2) is 40.1 Å². The van der Waals surface area contributed by atoms with Crippen LogP contribution in [0.3, 0.4) is 0 Å². The zero-order chi connectivity index (χ0) is 19.3. The third-order valence-electron chi connectivity index (χ3n) is 5.26. The van der Waals surface area contributed by atoms with E-state index in [-0.39, 0.29) is 11.5 Å². The van der Waals surface area contributed by atoms with Gasteiger partial charge in [0.15, 0.2) is 0 Å². The molecule has 0 saturated carbocycles. The van der Waals surface area contributed by atoms with Crippen LogP contribution in [0, 0.1) is 0 Å². The monoisotopic (exact) mass is 376 g/mol. The molecule has 1 N–H and O–H groups in total. The fraction of sp³-hybridized carbons (Fsp3) is 0.318. The molecule has 3 heterocycles. The van der Waals surface area contributed by atoms with Crippen molar-refractivity contribution in [1.82, 2.24) is 19.9 Å². The van der Waals surface area contributed by atoms with Crippen LogP contribution in [0.1, 0.15) is 30.1 Å². The van der Waals surface area contributed by atoms with Gasteiger partial charge >= 0.3 is 0 Å². The molecule has 6 nitrogen and oxygen atoms in total. The van der Waals surface area contributed by atoms with Crippen molar-refractivity contribution in [3.8, 4) is 17.0 Å². The van der Waals surface area contributed by atoms with E-state index < -0.39 is 0 Å². The van der Waals surface area contributed by atoms with E-state index >= 15 is 0 Å². The smallest absolute Gasteiger partial charge is 0.251 e. The van der Waals surface area contributed by atoms with Crippen molar-refractivity contribution in [3.63, 3.8) is 0 Å². The van der Waals surface area contributed by atoms with E-state index in [0.717, 1.165) is 49.6 Å². The molecule has 28 heavy (non-hydrogen) atoms. The maximum absolute atomic E-state index is 12.1. The van der Waals surface area contributed by atoms with Gasteiger partial charge in [-0.2, -0.15) is 0 Å². The number of benzene rings is 1. The van der Waals surface area contributed by atoms with Crippen LogP contribution >= 0.6 is 0 Å². The molecule has 0 amide bonds. The first kappa shape index (κ1) is 18.4.